The first kappa shape index (κ1) is 18.9. The lowest BCUT2D eigenvalue weighted by atomic mass is 9.62. The first-order valence-electron chi connectivity index (χ1n) is 9.62. The molecule has 0 aromatic carbocycles. The van der Waals surface area contributed by atoms with Crippen LogP contribution in [0.4, 0.5) is 4.79 Å². The van der Waals surface area contributed by atoms with E-state index in [9.17, 15) is 15.0 Å². The van der Waals surface area contributed by atoms with E-state index in [4.69, 9.17) is 4.74 Å². The predicted octanol–water partition coefficient (Wildman–Crippen LogP) is 1.98. The van der Waals surface area contributed by atoms with Crippen molar-refractivity contribution in [3.05, 3.63) is 0 Å². The minimum absolute atomic E-state index is 0.0913. The van der Waals surface area contributed by atoms with Crippen molar-refractivity contribution in [2.45, 2.75) is 82.6 Å². The number of amides is 1. The summed E-state index contributed by atoms with van der Waals surface area (Å²) in [5.41, 5.74) is -2.11. The van der Waals surface area contributed by atoms with Gasteiger partial charge in [0.25, 0.3) is 0 Å². The number of aliphatic hydroxyl groups is 2. The minimum atomic E-state index is -0.916. The van der Waals surface area contributed by atoms with Gasteiger partial charge in [-0.3, -0.25) is 0 Å². The van der Waals surface area contributed by atoms with Gasteiger partial charge in [0, 0.05) is 30.6 Å². The zero-order valence-electron chi connectivity index (χ0n) is 16.1. The van der Waals surface area contributed by atoms with Gasteiger partial charge in [-0.05, 0) is 66.3 Å². The summed E-state index contributed by atoms with van der Waals surface area (Å²) in [7, 11) is 2.14. The fourth-order valence-corrected chi connectivity index (χ4v) is 5.15. The van der Waals surface area contributed by atoms with E-state index in [-0.39, 0.29) is 12.7 Å². The number of fused-ring (bicyclic) bond motifs is 2. The molecule has 0 aromatic rings. The fraction of sp³-hybridized carbons (Fsp3) is 0.947. The quantitative estimate of drug-likeness (QED) is 0.793. The van der Waals surface area contributed by atoms with Crippen LogP contribution in [0.5, 0.6) is 0 Å². The number of nitrogens with zero attached hydrogens (tertiary/aromatic N) is 2. The maximum absolute atomic E-state index is 12.5. The Morgan fingerprint density at radius 1 is 1.24 bits per heavy atom. The SMILES string of the molecule is CN1C2CCC1CC(O)(C1(CO)CCCN(C(=O)OC(C)(C)C)C1)C2. The molecule has 0 spiro atoms. The Labute approximate surface area is 151 Å². The van der Waals surface area contributed by atoms with Crippen LogP contribution in [0.25, 0.3) is 0 Å². The summed E-state index contributed by atoms with van der Waals surface area (Å²) in [4.78, 5) is 16.6. The Morgan fingerprint density at radius 2 is 1.84 bits per heavy atom. The van der Waals surface area contributed by atoms with Gasteiger partial charge in [-0.1, -0.05) is 0 Å². The van der Waals surface area contributed by atoms with Gasteiger partial charge >= 0.3 is 6.09 Å². The normalized spacial score (nSPS) is 39.5. The molecule has 6 heteroatoms. The minimum Gasteiger partial charge on any atom is -0.444 e. The van der Waals surface area contributed by atoms with Crippen molar-refractivity contribution in [3.63, 3.8) is 0 Å². The fourth-order valence-electron chi connectivity index (χ4n) is 5.15. The molecule has 2 N–H and O–H groups in total. The van der Waals surface area contributed by atoms with Crippen LogP contribution in [0, 0.1) is 5.41 Å². The van der Waals surface area contributed by atoms with E-state index in [0.29, 0.717) is 38.0 Å². The van der Waals surface area contributed by atoms with E-state index in [0.717, 1.165) is 25.7 Å². The highest BCUT2D eigenvalue weighted by Crippen LogP contribution is 2.51. The van der Waals surface area contributed by atoms with Crippen LogP contribution >= 0.6 is 0 Å². The Hall–Kier alpha value is -0.850. The second-order valence-corrected chi connectivity index (χ2v) is 9.43. The van der Waals surface area contributed by atoms with E-state index < -0.39 is 16.6 Å². The molecule has 3 heterocycles. The number of piperidine rings is 2. The summed E-state index contributed by atoms with van der Waals surface area (Å²) < 4.78 is 5.52. The number of likely N-dealkylation sites (tertiary alicyclic amines) is 1. The molecule has 1 amide bonds. The van der Waals surface area contributed by atoms with Crippen LogP contribution in [0.15, 0.2) is 0 Å². The number of rotatable bonds is 2. The van der Waals surface area contributed by atoms with E-state index in [2.05, 4.69) is 11.9 Å². The van der Waals surface area contributed by atoms with Gasteiger partial charge < -0.3 is 24.7 Å². The van der Waals surface area contributed by atoms with Gasteiger partial charge in [0.15, 0.2) is 0 Å². The summed E-state index contributed by atoms with van der Waals surface area (Å²) in [5.74, 6) is 0. The van der Waals surface area contributed by atoms with Crippen molar-refractivity contribution in [3.8, 4) is 0 Å². The molecule has 0 aliphatic carbocycles. The van der Waals surface area contributed by atoms with Gasteiger partial charge in [-0.2, -0.15) is 0 Å². The molecule has 0 radical (unpaired) electrons. The molecule has 3 fully saturated rings. The molecule has 3 aliphatic heterocycles. The Balaban J connectivity index is 1.79. The van der Waals surface area contributed by atoms with Gasteiger partial charge in [0.05, 0.1) is 12.2 Å². The van der Waals surface area contributed by atoms with E-state index in [1.54, 1.807) is 4.90 Å². The van der Waals surface area contributed by atoms with Crippen LogP contribution in [-0.4, -0.2) is 76.1 Å². The standard InChI is InChI=1S/C19H34N2O4/c1-17(2,3)25-16(23)21-9-5-8-18(12-21,13-22)19(24)10-14-6-7-15(11-19)20(14)4/h14-15,22,24H,5-13H2,1-4H3. The summed E-state index contributed by atoms with van der Waals surface area (Å²) >= 11 is 0. The maximum atomic E-state index is 12.5. The van der Waals surface area contributed by atoms with Crippen LogP contribution in [0.1, 0.15) is 59.3 Å². The molecule has 3 saturated heterocycles. The predicted molar refractivity (Wildman–Crippen MR) is 95.3 cm³/mol. The molecule has 6 nitrogen and oxygen atoms in total. The molecule has 3 rings (SSSR count). The molecule has 0 aromatic heterocycles. The van der Waals surface area contributed by atoms with Crippen LogP contribution in [0.3, 0.4) is 0 Å². The highest BCUT2D eigenvalue weighted by atomic mass is 16.6. The van der Waals surface area contributed by atoms with Crippen molar-refractivity contribution in [1.29, 1.82) is 0 Å². The third-order valence-electron chi connectivity index (χ3n) is 6.65. The number of hydrogen-bond acceptors (Lipinski definition) is 5. The summed E-state index contributed by atoms with van der Waals surface area (Å²) in [6, 6.07) is 0.758. The van der Waals surface area contributed by atoms with Crippen LogP contribution in [0.2, 0.25) is 0 Å². The van der Waals surface area contributed by atoms with Gasteiger partial charge in [-0.15, -0.1) is 0 Å². The molecule has 0 saturated carbocycles. The number of hydrogen-bond donors (Lipinski definition) is 2. The molecule has 3 atom stereocenters. The molecule has 25 heavy (non-hydrogen) atoms. The lowest BCUT2D eigenvalue weighted by Crippen LogP contribution is -2.64. The van der Waals surface area contributed by atoms with E-state index in [1.165, 1.54) is 0 Å². The summed E-state index contributed by atoms with van der Waals surface area (Å²) in [5, 5.41) is 21.9. The first-order valence-corrected chi connectivity index (χ1v) is 9.62. The van der Waals surface area contributed by atoms with Gasteiger partial charge in [0.2, 0.25) is 0 Å². The zero-order valence-corrected chi connectivity index (χ0v) is 16.1. The monoisotopic (exact) mass is 354 g/mol. The van der Waals surface area contributed by atoms with Crippen molar-refractivity contribution < 1.29 is 19.7 Å². The molecular formula is C19H34N2O4. The van der Waals surface area contributed by atoms with Gasteiger partial charge in [-0.25, -0.2) is 4.79 Å². The molecular weight excluding hydrogens is 320 g/mol. The summed E-state index contributed by atoms with van der Waals surface area (Å²) in [6.45, 7) is 6.48. The topological polar surface area (TPSA) is 73.2 Å². The average molecular weight is 354 g/mol. The largest absolute Gasteiger partial charge is 0.444 e. The second-order valence-electron chi connectivity index (χ2n) is 9.43. The number of aliphatic hydroxyl groups excluding tert-OH is 1. The number of carbonyl (C=O) groups is 1. The summed E-state index contributed by atoms with van der Waals surface area (Å²) in [6.07, 6.45) is 4.78. The van der Waals surface area contributed by atoms with Crippen LogP contribution in [-0.2, 0) is 4.74 Å². The second kappa shape index (κ2) is 6.39. The smallest absolute Gasteiger partial charge is 0.410 e. The average Bonchev–Trinajstić information content (AvgIpc) is 2.75. The molecule has 3 aliphatic rings. The highest BCUT2D eigenvalue weighted by molar-refractivity contribution is 5.68. The van der Waals surface area contributed by atoms with E-state index >= 15 is 0 Å². The van der Waals surface area contributed by atoms with Crippen LogP contribution < -0.4 is 0 Å². The first-order chi connectivity index (χ1) is 11.6. The lowest BCUT2D eigenvalue weighted by molar-refractivity contribution is -0.172. The van der Waals surface area contributed by atoms with Crippen molar-refractivity contribution >= 4 is 6.09 Å². The van der Waals surface area contributed by atoms with Gasteiger partial charge in [0.1, 0.15) is 5.60 Å². The third kappa shape index (κ3) is 3.40. The lowest BCUT2D eigenvalue weighted by Gasteiger charge is -2.55. The Morgan fingerprint density at radius 3 is 2.36 bits per heavy atom. The molecule has 2 bridgehead atoms. The van der Waals surface area contributed by atoms with E-state index in [1.807, 2.05) is 20.8 Å². The van der Waals surface area contributed by atoms with Crippen molar-refractivity contribution in [1.82, 2.24) is 9.80 Å². The molecule has 144 valence electrons. The zero-order chi connectivity index (χ0) is 18.5. The third-order valence-corrected chi connectivity index (χ3v) is 6.65. The Bertz CT molecular complexity index is 504. The maximum Gasteiger partial charge on any atom is 0.410 e. The highest BCUT2D eigenvalue weighted by Gasteiger charge is 2.58. The Kier molecular flexibility index (Phi) is 4.84. The number of ether oxygens (including phenoxy) is 1. The van der Waals surface area contributed by atoms with Crippen molar-refractivity contribution in [2.75, 3.05) is 26.7 Å². The van der Waals surface area contributed by atoms with Crippen molar-refractivity contribution in [2.24, 2.45) is 5.41 Å². The molecule has 3 unspecified atom stereocenters. The number of carbonyl (C=O) groups excluding carboxylic acids is 1.